The molecule has 1 aromatic rings. The number of hydrogen-bond donors (Lipinski definition) is 2. The Balaban J connectivity index is 2.29. The van der Waals surface area contributed by atoms with Crippen molar-refractivity contribution in [2.24, 2.45) is 5.73 Å². The maximum atomic E-state index is 14.3. The maximum Gasteiger partial charge on any atom is 0.252 e. The van der Waals surface area contributed by atoms with Crippen molar-refractivity contribution in [3.05, 3.63) is 34.1 Å². The van der Waals surface area contributed by atoms with Crippen molar-refractivity contribution in [2.45, 2.75) is 38.7 Å². The fraction of sp³-hybridized carbons (Fsp3) is 0.400. The van der Waals surface area contributed by atoms with E-state index in [9.17, 15) is 14.0 Å². The van der Waals surface area contributed by atoms with Gasteiger partial charge in [-0.15, -0.1) is 5.92 Å². The first-order valence-corrected chi connectivity index (χ1v) is 9.15. The Bertz CT molecular complexity index is 858. The number of halogens is 2. The van der Waals surface area contributed by atoms with Gasteiger partial charge in [-0.3, -0.25) is 9.59 Å². The summed E-state index contributed by atoms with van der Waals surface area (Å²) in [7, 11) is 1.50. The number of anilines is 1. The molecule has 0 saturated heterocycles. The standard InChI is InChI=1S/C20H22ClFN2O4/c1-3-6-12(11-27-2)28-18-10-17(16(22)9-15(18)21)24-20(26)14-8-5-4-7-13(14)19(23)25/h9-10,12H,4-5,7-8,11H2,1-2H3,(H2,23,25)(H,24,26). The predicted octanol–water partition coefficient (Wildman–Crippen LogP) is 3.19. The minimum absolute atomic E-state index is 0.0317. The van der Waals surface area contributed by atoms with Crippen LogP contribution in [-0.4, -0.2) is 31.6 Å². The molecule has 6 nitrogen and oxygen atoms in total. The van der Waals surface area contributed by atoms with Gasteiger partial charge >= 0.3 is 0 Å². The van der Waals surface area contributed by atoms with Gasteiger partial charge < -0.3 is 20.5 Å². The first kappa shape index (κ1) is 21.7. The minimum atomic E-state index is -0.729. The highest BCUT2D eigenvalue weighted by Crippen LogP contribution is 2.32. The van der Waals surface area contributed by atoms with Gasteiger partial charge in [0.05, 0.1) is 17.3 Å². The number of ether oxygens (including phenoxy) is 2. The van der Waals surface area contributed by atoms with Crippen LogP contribution in [0.1, 0.15) is 32.6 Å². The van der Waals surface area contributed by atoms with E-state index in [1.54, 1.807) is 6.92 Å². The molecule has 28 heavy (non-hydrogen) atoms. The second-order valence-corrected chi connectivity index (χ2v) is 6.61. The van der Waals surface area contributed by atoms with Crippen LogP contribution in [0.15, 0.2) is 23.3 Å². The van der Waals surface area contributed by atoms with E-state index in [0.29, 0.717) is 12.8 Å². The van der Waals surface area contributed by atoms with E-state index in [2.05, 4.69) is 17.2 Å². The monoisotopic (exact) mass is 408 g/mol. The summed E-state index contributed by atoms with van der Waals surface area (Å²) >= 11 is 6.06. The molecule has 0 fully saturated rings. The number of primary amides is 1. The zero-order valence-corrected chi connectivity index (χ0v) is 16.5. The number of carbonyl (C=O) groups excluding carboxylic acids is 2. The van der Waals surface area contributed by atoms with Crippen LogP contribution in [0.3, 0.4) is 0 Å². The Hall–Kier alpha value is -2.56. The van der Waals surface area contributed by atoms with Crippen LogP contribution in [0.2, 0.25) is 5.02 Å². The number of carbonyl (C=O) groups is 2. The van der Waals surface area contributed by atoms with Crippen LogP contribution in [0.4, 0.5) is 10.1 Å². The summed E-state index contributed by atoms with van der Waals surface area (Å²) in [5.74, 6) is 3.74. The number of rotatable bonds is 7. The van der Waals surface area contributed by atoms with Crippen molar-refractivity contribution >= 4 is 29.1 Å². The molecule has 3 N–H and O–H groups in total. The summed E-state index contributed by atoms with van der Waals surface area (Å²) in [6.45, 7) is 1.84. The van der Waals surface area contributed by atoms with Crippen molar-refractivity contribution in [1.82, 2.24) is 0 Å². The fourth-order valence-corrected chi connectivity index (χ4v) is 3.11. The molecule has 0 aliphatic heterocycles. The van der Waals surface area contributed by atoms with Crippen LogP contribution in [0.5, 0.6) is 5.75 Å². The van der Waals surface area contributed by atoms with E-state index >= 15 is 0 Å². The summed E-state index contributed by atoms with van der Waals surface area (Å²) in [6.07, 6.45) is 1.77. The van der Waals surface area contributed by atoms with Crippen molar-refractivity contribution in [3.8, 4) is 17.6 Å². The minimum Gasteiger partial charge on any atom is -0.474 e. The molecule has 1 aliphatic rings. The third-order valence-corrected chi connectivity index (χ3v) is 4.50. The molecule has 2 rings (SSSR count). The molecule has 0 bridgehead atoms. The lowest BCUT2D eigenvalue weighted by Gasteiger charge is -2.19. The van der Waals surface area contributed by atoms with E-state index in [0.717, 1.165) is 18.9 Å². The number of nitrogens with two attached hydrogens (primary N) is 1. The smallest absolute Gasteiger partial charge is 0.252 e. The SMILES string of the molecule is CC#CC(COC)Oc1cc(NC(=O)C2=C(C(N)=O)CCCC2)c(F)cc1Cl. The molecule has 0 aromatic heterocycles. The lowest BCUT2D eigenvalue weighted by Crippen LogP contribution is -2.25. The topological polar surface area (TPSA) is 90.7 Å². The zero-order chi connectivity index (χ0) is 20.7. The summed E-state index contributed by atoms with van der Waals surface area (Å²) in [5, 5.41) is 2.52. The summed E-state index contributed by atoms with van der Waals surface area (Å²) < 4.78 is 25.0. The molecule has 1 aliphatic carbocycles. The van der Waals surface area contributed by atoms with Gasteiger partial charge in [0, 0.05) is 24.3 Å². The molecule has 2 amide bonds. The Morgan fingerprint density at radius 1 is 1.32 bits per heavy atom. The largest absolute Gasteiger partial charge is 0.474 e. The lowest BCUT2D eigenvalue weighted by atomic mass is 9.90. The molecular formula is C20H22ClFN2O4. The maximum absolute atomic E-state index is 14.3. The number of benzene rings is 1. The number of amides is 2. The average Bonchev–Trinajstić information content (AvgIpc) is 2.65. The van der Waals surface area contributed by atoms with Gasteiger partial charge in [-0.05, 0) is 38.7 Å². The number of nitrogens with one attached hydrogen (secondary N) is 1. The molecular weight excluding hydrogens is 387 g/mol. The Kier molecular flexibility index (Phi) is 7.85. The third kappa shape index (κ3) is 5.47. The molecule has 0 radical (unpaired) electrons. The second-order valence-electron chi connectivity index (χ2n) is 6.20. The molecule has 0 spiro atoms. The summed E-state index contributed by atoms with van der Waals surface area (Å²) in [4.78, 5) is 24.2. The van der Waals surface area contributed by atoms with Crippen LogP contribution in [0.25, 0.3) is 0 Å². The molecule has 8 heteroatoms. The zero-order valence-electron chi connectivity index (χ0n) is 15.7. The molecule has 1 atom stereocenters. The first-order chi connectivity index (χ1) is 13.4. The van der Waals surface area contributed by atoms with Gasteiger partial charge in [0.25, 0.3) is 5.91 Å². The third-order valence-electron chi connectivity index (χ3n) is 4.20. The molecule has 1 aromatic carbocycles. The lowest BCUT2D eigenvalue weighted by molar-refractivity contribution is -0.116. The van der Waals surface area contributed by atoms with Gasteiger partial charge in [-0.2, -0.15) is 0 Å². The van der Waals surface area contributed by atoms with Crippen LogP contribution >= 0.6 is 11.6 Å². The van der Waals surface area contributed by atoms with Gasteiger partial charge in [-0.25, -0.2) is 4.39 Å². The molecule has 1 unspecified atom stereocenters. The number of hydrogen-bond acceptors (Lipinski definition) is 4. The van der Waals surface area contributed by atoms with E-state index in [-0.39, 0.29) is 34.2 Å². The molecule has 150 valence electrons. The van der Waals surface area contributed by atoms with Crippen molar-refractivity contribution < 1.29 is 23.5 Å². The van der Waals surface area contributed by atoms with E-state index < -0.39 is 23.7 Å². The van der Waals surface area contributed by atoms with Gasteiger partial charge in [0.2, 0.25) is 5.91 Å². The van der Waals surface area contributed by atoms with Crippen LogP contribution in [0, 0.1) is 17.7 Å². The number of methoxy groups -OCH3 is 1. The summed E-state index contributed by atoms with van der Waals surface area (Å²) in [5.41, 5.74) is 5.81. The fourth-order valence-electron chi connectivity index (χ4n) is 2.91. The van der Waals surface area contributed by atoms with Gasteiger partial charge in [0.15, 0.2) is 6.10 Å². The second kappa shape index (κ2) is 10.1. The van der Waals surface area contributed by atoms with E-state index in [4.69, 9.17) is 26.8 Å². The van der Waals surface area contributed by atoms with E-state index in [1.165, 1.54) is 13.2 Å². The van der Waals surface area contributed by atoms with Crippen molar-refractivity contribution in [2.75, 3.05) is 19.0 Å². The van der Waals surface area contributed by atoms with Gasteiger partial charge in [0.1, 0.15) is 11.6 Å². The average molecular weight is 409 g/mol. The van der Waals surface area contributed by atoms with E-state index in [1.807, 2.05) is 0 Å². The van der Waals surface area contributed by atoms with Crippen LogP contribution in [-0.2, 0) is 14.3 Å². The van der Waals surface area contributed by atoms with Gasteiger partial charge in [-0.1, -0.05) is 17.5 Å². The predicted molar refractivity (Wildman–Crippen MR) is 104 cm³/mol. The van der Waals surface area contributed by atoms with Crippen molar-refractivity contribution in [3.63, 3.8) is 0 Å². The molecule has 0 heterocycles. The highest BCUT2D eigenvalue weighted by atomic mass is 35.5. The Morgan fingerprint density at radius 3 is 2.61 bits per heavy atom. The molecule has 0 saturated carbocycles. The highest BCUT2D eigenvalue weighted by molar-refractivity contribution is 6.32. The normalized spacial score (nSPS) is 14.7. The first-order valence-electron chi connectivity index (χ1n) is 8.77. The highest BCUT2D eigenvalue weighted by Gasteiger charge is 2.24. The summed E-state index contributed by atoms with van der Waals surface area (Å²) in [6, 6.07) is 2.32. The van der Waals surface area contributed by atoms with Crippen molar-refractivity contribution in [1.29, 1.82) is 0 Å². The van der Waals surface area contributed by atoms with Crippen LogP contribution < -0.4 is 15.8 Å². The Morgan fingerprint density at radius 2 is 2.00 bits per heavy atom. The Labute approximate surface area is 168 Å². The quantitative estimate of drug-likeness (QED) is 0.678.